The number of aromatic nitrogens is 2. The third kappa shape index (κ3) is 2.88. The van der Waals surface area contributed by atoms with Gasteiger partial charge in [0.1, 0.15) is 0 Å². The first-order valence-electron chi connectivity index (χ1n) is 7.58. The van der Waals surface area contributed by atoms with Gasteiger partial charge in [-0.25, -0.2) is 4.79 Å². The lowest BCUT2D eigenvalue weighted by Crippen LogP contribution is -2.06. The Morgan fingerprint density at radius 1 is 1.04 bits per heavy atom. The summed E-state index contributed by atoms with van der Waals surface area (Å²) in [6, 6.07) is 13.7. The van der Waals surface area contributed by atoms with Gasteiger partial charge >= 0.3 is 5.97 Å². The van der Waals surface area contributed by atoms with Crippen LogP contribution >= 0.6 is 0 Å². The molecular weight excluding hydrogens is 288 g/mol. The van der Waals surface area contributed by atoms with Crippen molar-refractivity contribution in [2.24, 2.45) is 0 Å². The summed E-state index contributed by atoms with van der Waals surface area (Å²) < 4.78 is 5.25. The standard InChI is InChI=1S/C19H18N2O2/c1-3-23-19(22)16-13(2)17(14-7-5-4-6-8-14)21-18(16)15-9-11-20-12-10-15/h4-12,21H,3H2,1-2H3. The van der Waals surface area contributed by atoms with E-state index in [0.29, 0.717) is 12.2 Å². The largest absolute Gasteiger partial charge is 0.462 e. The van der Waals surface area contributed by atoms with Gasteiger partial charge < -0.3 is 9.72 Å². The molecule has 2 aromatic heterocycles. The molecule has 3 aromatic rings. The van der Waals surface area contributed by atoms with Gasteiger partial charge in [-0.3, -0.25) is 4.98 Å². The first kappa shape index (κ1) is 15.0. The lowest BCUT2D eigenvalue weighted by molar-refractivity contribution is 0.0527. The van der Waals surface area contributed by atoms with Gasteiger partial charge in [0.25, 0.3) is 0 Å². The molecule has 0 spiro atoms. The van der Waals surface area contributed by atoms with Crippen molar-refractivity contribution in [2.75, 3.05) is 6.61 Å². The van der Waals surface area contributed by atoms with Crippen molar-refractivity contribution < 1.29 is 9.53 Å². The van der Waals surface area contributed by atoms with Crippen molar-refractivity contribution in [3.63, 3.8) is 0 Å². The number of hydrogen-bond acceptors (Lipinski definition) is 3. The maximum atomic E-state index is 12.4. The Bertz CT molecular complexity index is 808. The van der Waals surface area contributed by atoms with E-state index in [0.717, 1.165) is 28.1 Å². The zero-order chi connectivity index (χ0) is 16.2. The van der Waals surface area contributed by atoms with E-state index in [-0.39, 0.29) is 5.97 Å². The van der Waals surface area contributed by atoms with E-state index in [1.165, 1.54) is 0 Å². The summed E-state index contributed by atoms with van der Waals surface area (Å²) in [5.41, 5.74) is 5.12. The monoisotopic (exact) mass is 306 g/mol. The molecular formula is C19H18N2O2. The molecule has 0 atom stereocenters. The van der Waals surface area contributed by atoms with Gasteiger partial charge in [-0.05, 0) is 37.1 Å². The molecule has 0 fully saturated rings. The number of esters is 1. The van der Waals surface area contributed by atoms with Crippen LogP contribution in [-0.4, -0.2) is 22.5 Å². The molecule has 0 saturated heterocycles. The van der Waals surface area contributed by atoms with Crippen LogP contribution in [0.1, 0.15) is 22.8 Å². The Balaban J connectivity index is 2.20. The molecule has 116 valence electrons. The highest BCUT2D eigenvalue weighted by atomic mass is 16.5. The highest BCUT2D eigenvalue weighted by Crippen LogP contribution is 2.33. The van der Waals surface area contributed by atoms with Crippen LogP contribution in [0.15, 0.2) is 54.9 Å². The number of rotatable bonds is 4. The van der Waals surface area contributed by atoms with Crippen LogP contribution in [0.5, 0.6) is 0 Å². The Morgan fingerprint density at radius 3 is 2.35 bits per heavy atom. The molecule has 4 heteroatoms. The van der Waals surface area contributed by atoms with E-state index in [1.807, 2.05) is 56.3 Å². The van der Waals surface area contributed by atoms with E-state index >= 15 is 0 Å². The quantitative estimate of drug-likeness (QED) is 0.734. The van der Waals surface area contributed by atoms with Crippen molar-refractivity contribution in [1.29, 1.82) is 0 Å². The number of H-pyrrole nitrogens is 1. The van der Waals surface area contributed by atoms with Gasteiger partial charge in [-0.2, -0.15) is 0 Å². The number of nitrogens with one attached hydrogen (secondary N) is 1. The molecule has 1 aromatic carbocycles. The van der Waals surface area contributed by atoms with E-state index in [1.54, 1.807) is 12.4 Å². The zero-order valence-corrected chi connectivity index (χ0v) is 13.2. The maximum absolute atomic E-state index is 12.4. The van der Waals surface area contributed by atoms with Crippen molar-refractivity contribution in [2.45, 2.75) is 13.8 Å². The minimum atomic E-state index is -0.310. The Morgan fingerprint density at radius 2 is 1.70 bits per heavy atom. The van der Waals surface area contributed by atoms with Crippen molar-refractivity contribution in [3.8, 4) is 22.5 Å². The smallest absolute Gasteiger partial charge is 0.340 e. The number of carbonyl (C=O) groups excluding carboxylic acids is 1. The summed E-state index contributed by atoms with van der Waals surface area (Å²) in [6.07, 6.45) is 3.42. The molecule has 23 heavy (non-hydrogen) atoms. The fraction of sp³-hybridized carbons (Fsp3) is 0.158. The van der Waals surface area contributed by atoms with Gasteiger partial charge in [0.05, 0.1) is 17.9 Å². The topological polar surface area (TPSA) is 55.0 Å². The molecule has 0 amide bonds. The number of nitrogens with zero attached hydrogens (tertiary/aromatic N) is 1. The average Bonchev–Trinajstić information content (AvgIpc) is 2.94. The predicted octanol–water partition coefficient (Wildman–Crippen LogP) is 4.23. The van der Waals surface area contributed by atoms with Gasteiger partial charge in [-0.1, -0.05) is 30.3 Å². The summed E-state index contributed by atoms with van der Waals surface area (Å²) in [5.74, 6) is -0.310. The molecule has 0 aliphatic carbocycles. The van der Waals surface area contributed by atoms with Gasteiger partial charge in [-0.15, -0.1) is 0 Å². The number of benzene rings is 1. The van der Waals surface area contributed by atoms with Gasteiger partial charge in [0.2, 0.25) is 0 Å². The molecule has 2 heterocycles. The number of carbonyl (C=O) groups is 1. The molecule has 0 unspecified atom stereocenters. The minimum absolute atomic E-state index is 0.310. The summed E-state index contributed by atoms with van der Waals surface area (Å²) in [5, 5.41) is 0. The predicted molar refractivity (Wildman–Crippen MR) is 90.2 cm³/mol. The summed E-state index contributed by atoms with van der Waals surface area (Å²) in [6.45, 7) is 4.10. The molecule has 0 radical (unpaired) electrons. The first-order valence-corrected chi connectivity index (χ1v) is 7.58. The summed E-state index contributed by atoms with van der Waals surface area (Å²) in [4.78, 5) is 19.9. The highest BCUT2D eigenvalue weighted by Gasteiger charge is 2.23. The molecule has 0 saturated carbocycles. The SMILES string of the molecule is CCOC(=O)c1c(-c2ccncc2)[nH]c(-c2ccccc2)c1C. The van der Waals surface area contributed by atoms with Gasteiger partial charge in [0.15, 0.2) is 0 Å². The minimum Gasteiger partial charge on any atom is -0.462 e. The second-order valence-corrected chi connectivity index (χ2v) is 5.20. The Hall–Kier alpha value is -2.88. The molecule has 4 nitrogen and oxygen atoms in total. The third-order valence-electron chi connectivity index (χ3n) is 3.76. The van der Waals surface area contributed by atoms with Crippen LogP contribution < -0.4 is 0 Å². The number of pyridine rings is 1. The molecule has 1 N–H and O–H groups in total. The second kappa shape index (κ2) is 6.48. The lowest BCUT2D eigenvalue weighted by atomic mass is 10.0. The second-order valence-electron chi connectivity index (χ2n) is 5.20. The number of aromatic amines is 1. The fourth-order valence-electron chi connectivity index (χ4n) is 2.68. The average molecular weight is 306 g/mol. The maximum Gasteiger partial charge on any atom is 0.340 e. The molecule has 0 aliphatic heterocycles. The van der Waals surface area contributed by atoms with Crippen LogP contribution in [-0.2, 0) is 4.74 Å². The first-order chi connectivity index (χ1) is 11.2. The Kier molecular flexibility index (Phi) is 4.24. The van der Waals surface area contributed by atoms with Crippen LogP contribution in [0.3, 0.4) is 0 Å². The highest BCUT2D eigenvalue weighted by molar-refractivity contribution is 6.00. The van der Waals surface area contributed by atoms with E-state index in [4.69, 9.17) is 4.74 Å². The summed E-state index contributed by atoms with van der Waals surface area (Å²) in [7, 11) is 0. The van der Waals surface area contributed by atoms with E-state index < -0.39 is 0 Å². The number of ether oxygens (including phenoxy) is 1. The molecule has 3 rings (SSSR count). The number of hydrogen-bond donors (Lipinski definition) is 1. The van der Waals surface area contributed by atoms with Crippen LogP contribution in [0.2, 0.25) is 0 Å². The molecule has 0 aliphatic rings. The van der Waals surface area contributed by atoms with Crippen LogP contribution in [0.25, 0.3) is 22.5 Å². The van der Waals surface area contributed by atoms with Crippen LogP contribution in [0.4, 0.5) is 0 Å². The van der Waals surface area contributed by atoms with Crippen LogP contribution in [0, 0.1) is 6.92 Å². The van der Waals surface area contributed by atoms with Gasteiger partial charge in [0, 0.05) is 23.7 Å². The van der Waals surface area contributed by atoms with Crippen molar-refractivity contribution in [3.05, 3.63) is 66.0 Å². The van der Waals surface area contributed by atoms with Crippen molar-refractivity contribution in [1.82, 2.24) is 9.97 Å². The van der Waals surface area contributed by atoms with Crippen molar-refractivity contribution >= 4 is 5.97 Å². The summed E-state index contributed by atoms with van der Waals surface area (Å²) >= 11 is 0. The zero-order valence-electron chi connectivity index (χ0n) is 13.2. The van der Waals surface area contributed by atoms with E-state index in [2.05, 4.69) is 9.97 Å². The molecule has 0 bridgehead atoms. The van der Waals surface area contributed by atoms with E-state index in [9.17, 15) is 4.79 Å². The normalized spacial score (nSPS) is 10.5. The lowest BCUT2D eigenvalue weighted by Gasteiger charge is -2.05. The third-order valence-corrected chi connectivity index (χ3v) is 3.76. The Labute approximate surface area is 135 Å². The fourth-order valence-corrected chi connectivity index (χ4v) is 2.68.